The summed E-state index contributed by atoms with van der Waals surface area (Å²) in [6.45, 7) is 0. The third-order valence-electron chi connectivity index (χ3n) is 3.34. The number of rotatable bonds is 6. The molecule has 0 aromatic heterocycles. The summed E-state index contributed by atoms with van der Waals surface area (Å²) in [5.41, 5.74) is 0.886. The largest absolute Gasteiger partial charge is 0.632 e. The molecule has 3 aromatic carbocycles. The minimum atomic E-state index is -0.560. The summed E-state index contributed by atoms with van der Waals surface area (Å²) in [6.07, 6.45) is 0. The van der Waals surface area contributed by atoms with Crippen LogP contribution in [0.4, 0.5) is 0 Å². The van der Waals surface area contributed by atoms with Gasteiger partial charge in [0, 0.05) is 5.46 Å². The highest BCUT2D eigenvalue weighted by atomic mass is 16.6. The maximum atomic E-state index is 6.03. The minimum Gasteiger partial charge on any atom is -0.522 e. The van der Waals surface area contributed by atoms with E-state index in [9.17, 15) is 0 Å². The normalized spacial score (nSPS) is 9.96. The molecule has 0 aliphatic rings. The Hall–Kier alpha value is -2.88. The monoisotopic (exact) mass is 304 g/mol. The van der Waals surface area contributed by atoms with Crippen molar-refractivity contribution in [3.8, 4) is 17.2 Å². The van der Waals surface area contributed by atoms with Crippen LogP contribution in [0.2, 0.25) is 0 Å². The molecular formula is C19H17BO3. The van der Waals surface area contributed by atoms with E-state index in [1.807, 2.05) is 84.9 Å². The molecule has 0 aliphatic heterocycles. The molecule has 23 heavy (non-hydrogen) atoms. The maximum absolute atomic E-state index is 6.03. The first-order valence-electron chi connectivity index (χ1n) is 7.42. The van der Waals surface area contributed by atoms with Gasteiger partial charge in [-0.3, -0.25) is 0 Å². The first kappa shape index (κ1) is 15.0. The Balaban J connectivity index is 1.88. The fourth-order valence-corrected chi connectivity index (χ4v) is 2.19. The van der Waals surface area contributed by atoms with Crippen molar-refractivity contribution in [2.24, 2.45) is 0 Å². The summed E-state index contributed by atoms with van der Waals surface area (Å²) in [5, 5.41) is 0. The molecule has 0 spiro atoms. The Morgan fingerprint density at radius 1 is 0.609 bits per heavy atom. The van der Waals surface area contributed by atoms with Crippen molar-refractivity contribution in [3.63, 3.8) is 0 Å². The second-order valence-corrected chi connectivity index (χ2v) is 4.97. The molecule has 3 nitrogen and oxygen atoms in total. The van der Waals surface area contributed by atoms with E-state index >= 15 is 0 Å². The van der Waals surface area contributed by atoms with Gasteiger partial charge in [-0.15, -0.1) is 0 Å². The summed E-state index contributed by atoms with van der Waals surface area (Å²) in [7, 11) is 1.08. The lowest BCUT2D eigenvalue weighted by Gasteiger charge is -2.17. The Bertz CT molecular complexity index is 690. The maximum Gasteiger partial charge on any atom is 0.632 e. The third-order valence-corrected chi connectivity index (χ3v) is 3.34. The highest BCUT2D eigenvalue weighted by molar-refractivity contribution is 6.62. The van der Waals surface area contributed by atoms with E-state index in [4.69, 9.17) is 14.0 Å². The highest BCUT2D eigenvalue weighted by Gasteiger charge is 2.26. The van der Waals surface area contributed by atoms with Crippen molar-refractivity contribution < 1.29 is 14.0 Å². The van der Waals surface area contributed by atoms with E-state index in [-0.39, 0.29) is 0 Å². The van der Waals surface area contributed by atoms with E-state index in [1.165, 1.54) is 0 Å². The fraction of sp³-hybridized carbons (Fsp3) is 0.0526. The summed E-state index contributed by atoms with van der Waals surface area (Å²) in [5.74, 6) is 2.26. The molecule has 0 amide bonds. The van der Waals surface area contributed by atoms with Gasteiger partial charge in [-0.05, 0) is 36.4 Å². The molecule has 0 unspecified atom stereocenters. The van der Waals surface area contributed by atoms with E-state index in [2.05, 4.69) is 0 Å². The molecule has 0 fully saturated rings. The molecule has 0 saturated carbocycles. The number of hydrogen-bond donors (Lipinski definition) is 0. The van der Waals surface area contributed by atoms with Gasteiger partial charge >= 0.3 is 7.12 Å². The topological polar surface area (TPSA) is 27.7 Å². The van der Waals surface area contributed by atoms with Crippen LogP contribution in [0.3, 0.4) is 0 Å². The van der Waals surface area contributed by atoms with Crippen molar-refractivity contribution >= 4 is 12.6 Å². The average molecular weight is 304 g/mol. The zero-order chi connectivity index (χ0) is 15.9. The van der Waals surface area contributed by atoms with E-state index in [1.54, 1.807) is 7.11 Å². The number of methoxy groups -OCH3 is 1. The standard InChI is InChI=1S/C19H17BO3/c1-21-19-14-8-9-16(15-19)20(22-17-10-4-2-5-11-17)23-18-12-6-3-7-13-18/h2-15H,1H3. The fourth-order valence-electron chi connectivity index (χ4n) is 2.19. The molecule has 0 heterocycles. The number of ether oxygens (including phenoxy) is 1. The highest BCUT2D eigenvalue weighted by Crippen LogP contribution is 2.15. The number of benzene rings is 3. The second kappa shape index (κ2) is 7.41. The van der Waals surface area contributed by atoms with Crippen molar-refractivity contribution in [1.29, 1.82) is 0 Å². The Morgan fingerprint density at radius 3 is 1.65 bits per heavy atom. The van der Waals surface area contributed by atoms with Crippen molar-refractivity contribution in [2.75, 3.05) is 7.11 Å². The predicted octanol–water partition coefficient (Wildman–Crippen LogP) is 3.55. The summed E-state index contributed by atoms with van der Waals surface area (Å²) in [6, 6.07) is 26.9. The van der Waals surface area contributed by atoms with Crippen LogP contribution >= 0.6 is 0 Å². The Morgan fingerprint density at radius 2 is 1.13 bits per heavy atom. The lowest BCUT2D eigenvalue weighted by molar-refractivity contribution is 0.413. The summed E-state index contributed by atoms with van der Waals surface area (Å²) < 4.78 is 17.3. The molecule has 0 saturated heterocycles. The summed E-state index contributed by atoms with van der Waals surface area (Å²) in [4.78, 5) is 0. The quantitative estimate of drug-likeness (QED) is 0.652. The zero-order valence-corrected chi connectivity index (χ0v) is 12.9. The average Bonchev–Trinajstić information content (AvgIpc) is 2.63. The molecule has 0 aliphatic carbocycles. The van der Waals surface area contributed by atoms with Crippen LogP contribution in [0.15, 0.2) is 84.9 Å². The van der Waals surface area contributed by atoms with Crippen molar-refractivity contribution in [1.82, 2.24) is 0 Å². The van der Waals surface area contributed by atoms with Gasteiger partial charge in [0.05, 0.1) is 7.11 Å². The number of para-hydroxylation sites is 2. The predicted molar refractivity (Wildman–Crippen MR) is 92.5 cm³/mol. The molecule has 0 bridgehead atoms. The zero-order valence-electron chi connectivity index (χ0n) is 12.9. The molecule has 3 aromatic rings. The van der Waals surface area contributed by atoms with Gasteiger partial charge < -0.3 is 14.0 Å². The van der Waals surface area contributed by atoms with E-state index < -0.39 is 7.12 Å². The van der Waals surface area contributed by atoms with Gasteiger partial charge in [-0.2, -0.15) is 0 Å². The van der Waals surface area contributed by atoms with Gasteiger partial charge in [-0.1, -0.05) is 48.5 Å². The van der Waals surface area contributed by atoms with Crippen molar-refractivity contribution in [2.45, 2.75) is 0 Å². The van der Waals surface area contributed by atoms with Crippen LogP contribution in [0, 0.1) is 0 Å². The van der Waals surface area contributed by atoms with Gasteiger partial charge in [0.2, 0.25) is 0 Å². The van der Waals surface area contributed by atoms with Crippen LogP contribution in [0.5, 0.6) is 17.2 Å². The Labute approximate surface area is 136 Å². The molecule has 114 valence electrons. The van der Waals surface area contributed by atoms with Crippen LogP contribution in [0.25, 0.3) is 0 Å². The lowest BCUT2D eigenvalue weighted by atomic mass is 9.78. The van der Waals surface area contributed by atoms with E-state index in [0.717, 1.165) is 22.7 Å². The third kappa shape index (κ3) is 4.07. The van der Waals surface area contributed by atoms with Crippen LogP contribution < -0.4 is 19.5 Å². The van der Waals surface area contributed by atoms with E-state index in [0.29, 0.717) is 0 Å². The van der Waals surface area contributed by atoms with Crippen molar-refractivity contribution in [3.05, 3.63) is 84.9 Å². The Kier molecular flexibility index (Phi) is 4.84. The van der Waals surface area contributed by atoms with Gasteiger partial charge in [0.25, 0.3) is 0 Å². The number of hydrogen-bond acceptors (Lipinski definition) is 3. The SMILES string of the molecule is COc1cccc(B(Oc2ccccc2)Oc2ccccc2)c1. The second-order valence-electron chi connectivity index (χ2n) is 4.97. The summed E-state index contributed by atoms with van der Waals surface area (Å²) >= 11 is 0. The molecule has 4 heteroatoms. The van der Waals surface area contributed by atoms with Crippen LogP contribution in [-0.2, 0) is 0 Å². The van der Waals surface area contributed by atoms with Crippen LogP contribution in [0.1, 0.15) is 0 Å². The molecular weight excluding hydrogens is 287 g/mol. The molecule has 0 atom stereocenters. The molecule has 0 radical (unpaired) electrons. The molecule has 3 rings (SSSR count). The van der Waals surface area contributed by atoms with Crippen LogP contribution in [-0.4, -0.2) is 14.2 Å². The first-order chi connectivity index (χ1) is 11.3. The van der Waals surface area contributed by atoms with Gasteiger partial charge in [0.15, 0.2) is 0 Å². The first-order valence-corrected chi connectivity index (χ1v) is 7.42. The smallest absolute Gasteiger partial charge is 0.522 e. The van der Waals surface area contributed by atoms with Gasteiger partial charge in [-0.25, -0.2) is 0 Å². The lowest BCUT2D eigenvalue weighted by Crippen LogP contribution is -2.42. The minimum absolute atomic E-state index is 0.560. The molecule has 0 N–H and O–H groups in total. The van der Waals surface area contributed by atoms with Gasteiger partial charge in [0.1, 0.15) is 17.2 Å².